The Labute approximate surface area is 124 Å². The summed E-state index contributed by atoms with van der Waals surface area (Å²) in [6.45, 7) is 3.65. The van der Waals surface area contributed by atoms with Gasteiger partial charge >= 0.3 is 0 Å². The fourth-order valence-electron chi connectivity index (χ4n) is 2.40. The fourth-order valence-corrected chi connectivity index (χ4v) is 2.40. The van der Waals surface area contributed by atoms with Crippen LogP contribution < -0.4 is 21.1 Å². The highest BCUT2D eigenvalue weighted by Crippen LogP contribution is 2.19. The number of carbonyl (C=O) groups excluding carboxylic acids is 2. The molecule has 1 aliphatic heterocycles. The molecule has 6 heteroatoms. The van der Waals surface area contributed by atoms with Crippen LogP contribution in [-0.4, -0.2) is 37.6 Å². The first-order chi connectivity index (χ1) is 10.1. The highest BCUT2D eigenvalue weighted by atomic mass is 16.5. The third-order valence-electron chi connectivity index (χ3n) is 3.60. The van der Waals surface area contributed by atoms with Gasteiger partial charge in [0, 0.05) is 6.04 Å². The third-order valence-corrected chi connectivity index (χ3v) is 3.60. The van der Waals surface area contributed by atoms with Crippen molar-refractivity contribution >= 4 is 11.8 Å². The van der Waals surface area contributed by atoms with Gasteiger partial charge in [0.15, 0.2) is 6.61 Å². The topological polar surface area (TPSA) is 93.4 Å². The van der Waals surface area contributed by atoms with Gasteiger partial charge in [-0.1, -0.05) is 19.1 Å². The van der Waals surface area contributed by atoms with E-state index in [4.69, 9.17) is 10.5 Å². The molecule has 0 radical (unpaired) electrons. The number of hydrogen-bond acceptors (Lipinski definition) is 4. The van der Waals surface area contributed by atoms with Crippen molar-refractivity contribution in [3.8, 4) is 5.75 Å². The number of carbonyl (C=O) groups is 2. The second-order valence-corrected chi connectivity index (χ2v) is 5.30. The zero-order valence-electron chi connectivity index (χ0n) is 12.1. The van der Waals surface area contributed by atoms with E-state index in [9.17, 15) is 9.59 Å². The maximum atomic E-state index is 12.4. The number of benzene rings is 1. The Morgan fingerprint density at radius 2 is 2.19 bits per heavy atom. The molecule has 0 bridgehead atoms. The van der Waals surface area contributed by atoms with Crippen LogP contribution >= 0.6 is 0 Å². The van der Waals surface area contributed by atoms with Gasteiger partial charge in [0.2, 0.25) is 0 Å². The fraction of sp³-hybridized carbons (Fsp3) is 0.467. The Morgan fingerprint density at radius 3 is 2.90 bits per heavy atom. The van der Waals surface area contributed by atoms with Crippen molar-refractivity contribution in [3.63, 3.8) is 0 Å². The van der Waals surface area contributed by atoms with E-state index in [-0.39, 0.29) is 18.6 Å². The molecule has 2 atom stereocenters. The molecule has 1 aromatic rings. The summed E-state index contributed by atoms with van der Waals surface area (Å²) in [6.07, 6.45) is 0.900. The second kappa shape index (κ2) is 7.08. The highest BCUT2D eigenvalue weighted by Gasteiger charge is 2.24. The molecule has 1 fully saturated rings. The average Bonchev–Trinajstić information content (AvgIpc) is 2.47. The normalized spacial score (nSPS) is 21.6. The predicted molar refractivity (Wildman–Crippen MR) is 79.0 cm³/mol. The first-order valence-electron chi connectivity index (χ1n) is 7.09. The molecule has 21 heavy (non-hydrogen) atoms. The number of nitrogens with one attached hydrogen (secondary N) is 2. The molecule has 1 aromatic carbocycles. The van der Waals surface area contributed by atoms with Crippen molar-refractivity contribution in [2.75, 3.05) is 19.7 Å². The van der Waals surface area contributed by atoms with Crippen molar-refractivity contribution < 1.29 is 14.3 Å². The molecule has 2 amide bonds. The Balaban J connectivity index is 2.06. The Bertz CT molecular complexity index is 519. The van der Waals surface area contributed by atoms with Gasteiger partial charge in [0.1, 0.15) is 5.75 Å². The number of amides is 2. The van der Waals surface area contributed by atoms with Crippen LogP contribution in [0.5, 0.6) is 5.75 Å². The molecular formula is C15H21N3O3. The van der Waals surface area contributed by atoms with Gasteiger partial charge in [0.25, 0.3) is 11.8 Å². The van der Waals surface area contributed by atoms with E-state index in [1.165, 1.54) is 0 Å². The lowest BCUT2D eigenvalue weighted by Gasteiger charge is -2.30. The number of nitrogens with two attached hydrogens (primary N) is 1. The molecule has 6 nitrogen and oxygen atoms in total. The minimum absolute atomic E-state index is 0.142. The van der Waals surface area contributed by atoms with Crippen LogP contribution in [0.25, 0.3) is 0 Å². The van der Waals surface area contributed by atoms with Crippen molar-refractivity contribution in [3.05, 3.63) is 29.8 Å². The molecule has 4 N–H and O–H groups in total. The van der Waals surface area contributed by atoms with Gasteiger partial charge in [-0.2, -0.15) is 0 Å². The highest BCUT2D eigenvalue weighted by molar-refractivity contribution is 5.97. The van der Waals surface area contributed by atoms with E-state index < -0.39 is 5.91 Å². The molecule has 1 heterocycles. The number of hydrogen-bond donors (Lipinski definition) is 3. The molecule has 2 unspecified atom stereocenters. The molecule has 1 aliphatic rings. The Hall–Kier alpha value is -2.08. The van der Waals surface area contributed by atoms with Crippen molar-refractivity contribution in [1.29, 1.82) is 0 Å². The minimum Gasteiger partial charge on any atom is -0.483 e. The van der Waals surface area contributed by atoms with Gasteiger partial charge in [-0.3, -0.25) is 9.59 Å². The smallest absolute Gasteiger partial charge is 0.255 e. The third kappa shape index (κ3) is 4.19. The predicted octanol–water partition coefficient (Wildman–Crippen LogP) is 0.279. The number of piperidine rings is 1. The molecule has 0 spiro atoms. The summed E-state index contributed by atoms with van der Waals surface area (Å²) in [6, 6.07) is 6.99. The standard InChI is InChI=1S/C15H21N3O3/c1-10-8-17-7-6-12(10)18-15(20)11-4-2-3-5-13(11)21-9-14(16)19/h2-5,10,12,17H,6-9H2,1H3,(H2,16,19)(H,18,20). The molecule has 0 aliphatic carbocycles. The van der Waals surface area contributed by atoms with Gasteiger partial charge in [-0.05, 0) is 37.6 Å². The summed E-state index contributed by atoms with van der Waals surface area (Å²) < 4.78 is 5.29. The van der Waals surface area contributed by atoms with Crippen LogP contribution in [0, 0.1) is 5.92 Å². The summed E-state index contributed by atoms with van der Waals surface area (Å²) >= 11 is 0. The van der Waals surface area contributed by atoms with Crippen molar-refractivity contribution in [2.24, 2.45) is 11.7 Å². The first-order valence-corrected chi connectivity index (χ1v) is 7.09. The molecular weight excluding hydrogens is 270 g/mol. The first kappa shape index (κ1) is 15.3. The van der Waals surface area contributed by atoms with Crippen molar-refractivity contribution in [2.45, 2.75) is 19.4 Å². The summed E-state index contributed by atoms with van der Waals surface area (Å²) in [5.74, 6) is -0.0113. The zero-order chi connectivity index (χ0) is 15.2. The number of para-hydroxylation sites is 1. The van der Waals surface area contributed by atoms with Gasteiger partial charge < -0.3 is 21.1 Å². The maximum Gasteiger partial charge on any atom is 0.255 e. The number of ether oxygens (including phenoxy) is 1. The van der Waals surface area contributed by atoms with Crippen LogP contribution in [0.1, 0.15) is 23.7 Å². The van der Waals surface area contributed by atoms with Crippen LogP contribution in [0.15, 0.2) is 24.3 Å². The monoisotopic (exact) mass is 291 g/mol. The average molecular weight is 291 g/mol. The van der Waals surface area contributed by atoms with Crippen LogP contribution in [-0.2, 0) is 4.79 Å². The van der Waals surface area contributed by atoms with Gasteiger partial charge in [-0.25, -0.2) is 0 Å². The number of rotatable bonds is 5. The Morgan fingerprint density at radius 1 is 1.43 bits per heavy atom. The number of primary amides is 1. The minimum atomic E-state index is -0.572. The van der Waals surface area contributed by atoms with E-state index in [1.54, 1.807) is 24.3 Å². The molecule has 2 rings (SSSR count). The van der Waals surface area contributed by atoms with E-state index in [0.717, 1.165) is 19.5 Å². The summed E-state index contributed by atoms with van der Waals surface area (Å²) in [4.78, 5) is 23.2. The SMILES string of the molecule is CC1CNCCC1NC(=O)c1ccccc1OCC(N)=O. The van der Waals surface area contributed by atoms with Crippen molar-refractivity contribution in [1.82, 2.24) is 10.6 Å². The van der Waals surface area contributed by atoms with Gasteiger partial charge in [-0.15, -0.1) is 0 Å². The van der Waals surface area contributed by atoms with E-state index >= 15 is 0 Å². The van der Waals surface area contributed by atoms with E-state index in [1.807, 2.05) is 0 Å². The van der Waals surface area contributed by atoms with Crippen LogP contribution in [0.2, 0.25) is 0 Å². The van der Waals surface area contributed by atoms with E-state index in [0.29, 0.717) is 17.2 Å². The molecule has 0 aromatic heterocycles. The lowest BCUT2D eigenvalue weighted by atomic mass is 9.95. The second-order valence-electron chi connectivity index (χ2n) is 5.30. The summed E-state index contributed by atoms with van der Waals surface area (Å²) in [7, 11) is 0. The van der Waals surface area contributed by atoms with E-state index in [2.05, 4.69) is 17.6 Å². The lowest BCUT2D eigenvalue weighted by Crippen LogP contribution is -2.48. The lowest BCUT2D eigenvalue weighted by molar-refractivity contribution is -0.119. The Kier molecular flexibility index (Phi) is 5.16. The summed E-state index contributed by atoms with van der Waals surface area (Å²) in [5, 5.41) is 6.33. The quantitative estimate of drug-likeness (QED) is 0.726. The van der Waals surface area contributed by atoms with Crippen LogP contribution in [0.3, 0.4) is 0 Å². The summed E-state index contributed by atoms with van der Waals surface area (Å²) in [5.41, 5.74) is 5.48. The maximum absolute atomic E-state index is 12.4. The zero-order valence-corrected chi connectivity index (χ0v) is 12.1. The molecule has 0 saturated carbocycles. The van der Waals surface area contributed by atoms with Gasteiger partial charge in [0.05, 0.1) is 5.56 Å². The molecule has 1 saturated heterocycles. The van der Waals surface area contributed by atoms with Crippen LogP contribution in [0.4, 0.5) is 0 Å². The largest absolute Gasteiger partial charge is 0.483 e. The molecule has 114 valence electrons.